The molecule has 0 saturated heterocycles. The van der Waals surface area contributed by atoms with Crippen molar-refractivity contribution >= 4 is 15.9 Å². The van der Waals surface area contributed by atoms with E-state index in [1.165, 1.54) is 12.1 Å². The maximum Gasteiger partial charge on any atom is 0.254 e. The summed E-state index contributed by atoms with van der Waals surface area (Å²) in [6.45, 7) is 4.46. The van der Waals surface area contributed by atoms with Gasteiger partial charge in [0.25, 0.3) is 5.91 Å². The number of sulfonamides is 1. The van der Waals surface area contributed by atoms with E-state index in [2.05, 4.69) is 4.72 Å². The van der Waals surface area contributed by atoms with Gasteiger partial charge in [-0.05, 0) is 56.5 Å². The van der Waals surface area contributed by atoms with Gasteiger partial charge in [0.15, 0.2) is 0 Å². The number of carbonyl (C=O) groups excluding carboxylic acids is 1. The number of carbonyl (C=O) groups is 1. The van der Waals surface area contributed by atoms with Crippen LogP contribution >= 0.6 is 0 Å². The summed E-state index contributed by atoms with van der Waals surface area (Å²) >= 11 is 0. The third-order valence-corrected chi connectivity index (χ3v) is 5.93. The molecule has 3 rings (SSSR count). The van der Waals surface area contributed by atoms with Crippen molar-refractivity contribution in [2.75, 3.05) is 0 Å². The van der Waals surface area contributed by atoms with Crippen molar-refractivity contribution in [3.8, 4) is 0 Å². The topological polar surface area (TPSA) is 66.5 Å². The largest absolute Gasteiger partial charge is 0.332 e. The van der Waals surface area contributed by atoms with Crippen LogP contribution in [0.15, 0.2) is 59.5 Å². The van der Waals surface area contributed by atoms with Crippen molar-refractivity contribution in [2.24, 2.45) is 0 Å². The molecule has 1 N–H and O–H groups in total. The van der Waals surface area contributed by atoms with Crippen LogP contribution in [-0.4, -0.2) is 31.3 Å². The molecule has 2 aromatic rings. The highest BCUT2D eigenvalue weighted by Crippen LogP contribution is 2.22. The summed E-state index contributed by atoms with van der Waals surface area (Å²) < 4.78 is 27.1. The smallest absolute Gasteiger partial charge is 0.254 e. The first-order valence-electron chi connectivity index (χ1n) is 8.84. The molecule has 1 aliphatic carbocycles. The van der Waals surface area contributed by atoms with Crippen LogP contribution in [0, 0.1) is 0 Å². The maximum atomic E-state index is 12.9. The van der Waals surface area contributed by atoms with Crippen molar-refractivity contribution in [3.05, 3.63) is 65.7 Å². The predicted octanol–water partition coefficient (Wildman–Crippen LogP) is 3.18. The minimum Gasteiger partial charge on any atom is -0.332 e. The Morgan fingerprint density at radius 2 is 1.69 bits per heavy atom. The Bertz CT molecular complexity index is 858. The first-order chi connectivity index (χ1) is 12.4. The molecule has 1 saturated carbocycles. The number of amides is 1. The summed E-state index contributed by atoms with van der Waals surface area (Å²) in [4.78, 5) is 14.9. The molecule has 26 heavy (non-hydrogen) atoms. The van der Waals surface area contributed by atoms with E-state index in [0.29, 0.717) is 12.1 Å². The summed E-state index contributed by atoms with van der Waals surface area (Å²) in [6.07, 6.45) is 1.78. The van der Waals surface area contributed by atoms with Gasteiger partial charge in [-0.15, -0.1) is 0 Å². The quantitative estimate of drug-likeness (QED) is 0.812. The van der Waals surface area contributed by atoms with Crippen LogP contribution in [0.25, 0.3) is 0 Å². The summed E-state index contributed by atoms with van der Waals surface area (Å²) in [7, 11) is -3.50. The van der Waals surface area contributed by atoms with Gasteiger partial charge in [-0.3, -0.25) is 4.79 Å². The second-order valence-corrected chi connectivity index (χ2v) is 8.65. The van der Waals surface area contributed by atoms with E-state index in [4.69, 9.17) is 0 Å². The molecule has 0 aliphatic heterocycles. The van der Waals surface area contributed by atoms with E-state index >= 15 is 0 Å². The molecule has 0 bridgehead atoms. The van der Waals surface area contributed by atoms with Crippen LogP contribution in [-0.2, 0) is 16.6 Å². The molecule has 0 atom stereocenters. The SMILES string of the molecule is CC(C)N(Cc1ccccc1)C(=O)c1ccc(S(=O)(=O)NC2CC2)cc1. The van der Waals surface area contributed by atoms with Gasteiger partial charge in [0, 0.05) is 24.2 Å². The minimum atomic E-state index is -3.50. The first-order valence-corrected chi connectivity index (χ1v) is 10.3. The molecule has 1 amide bonds. The zero-order valence-corrected chi connectivity index (χ0v) is 15.9. The Hall–Kier alpha value is -2.18. The summed E-state index contributed by atoms with van der Waals surface area (Å²) in [5.41, 5.74) is 1.54. The minimum absolute atomic E-state index is 0.0302. The zero-order valence-electron chi connectivity index (χ0n) is 15.1. The molecule has 0 aromatic heterocycles. The van der Waals surface area contributed by atoms with Crippen molar-refractivity contribution in [2.45, 2.75) is 50.2 Å². The molecule has 0 unspecified atom stereocenters. The molecular weight excluding hydrogens is 348 g/mol. The molecule has 2 aromatic carbocycles. The van der Waals surface area contributed by atoms with Gasteiger partial charge >= 0.3 is 0 Å². The van der Waals surface area contributed by atoms with E-state index < -0.39 is 10.0 Å². The molecule has 0 radical (unpaired) electrons. The fraction of sp³-hybridized carbons (Fsp3) is 0.350. The van der Waals surface area contributed by atoms with Gasteiger partial charge in [0.2, 0.25) is 10.0 Å². The fourth-order valence-electron chi connectivity index (χ4n) is 2.70. The molecule has 1 aliphatic rings. The zero-order chi connectivity index (χ0) is 18.7. The molecule has 0 heterocycles. The predicted molar refractivity (Wildman–Crippen MR) is 101 cm³/mol. The molecular formula is C20H24N2O3S. The number of nitrogens with one attached hydrogen (secondary N) is 1. The highest BCUT2D eigenvalue weighted by Gasteiger charge is 2.28. The van der Waals surface area contributed by atoms with Crippen LogP contribution in [0.3, 0.4) is 0 Å². The normalized spacial score (nSPS) is 14.4. The second-order valence-electron chi connectivity index (χ2n) is 6.93. The van der Waals surface area contributed by atoms with Gasteiger partial charge in [0.05, 0.1) is 4.90 Å². The lowest BCUT2D eigenvalue weighted by Crippen LogP contribution is -2.36. The molecule has 1 fully saturated rings. The fourth-order valence-corrected chi connectivity index (χ4v) is 4.01. The van der Waals surface area contributed by atoms with Gasteiger partial charge < -0.3 is 4.90 Å². The van der Waals surface area contributed by atoms with Crippen molar-refractivity contribution in [1.29, 1.82) is 0 Å². The van der Waals surface area contributed by atoms with Crippen LogP contribution < -0.4 is 4.72 Å². The van der Waals surface area contributed by atoms with Crippen LogP contribution in [0.4, 0.5) is 0 Å². The molecule has 138 valence electrons. The van der Waals surface area contributed by atoms with E-state index in [1.807, 2.05) is 44.2 Å². The van der Waals surface area contributed by atoms with Crippen molar-refractivity contribution in [1.82, 2.24) is 9.62 Å². The average molecular weight is 372 g/mol. The van der Waals surface area contributed by atoms with E-state index in [9.17, 15) is 13.2 Å². The molecule has 6 heteroatoms. The van der Waals surface area contributed by atoms with Gasteiger partial charge in [0.1, 0.15) is 0 Å². The Balaban J connectivity index is 1.76. The molecule has 5 nitrogen and oxygen atoms in total. The summed E-state index contributed by atoms with van der Waals surface area (Å²) in [5.74, 6) is -0.108. The number of rotatable bonds is 7. The Labute approximate surface area is 155 Å². The van der Waals surface area contributed by atoms with Crippen LogP contribution in [0.1, 0.15) is 42.6 Å². The van der Waals surface area contributed by atoms with Gasteiger partial charge in [-0.25, -0.2) is 13.1 Å². The van der Waals surface area contributed by atoms with Crippen LogP contribution in [0.2, 0.25) is 0 Å². The standard InChI is InChI=1S/C20H24N2O3S/c1-15(2)22(14-16-6-4-3-5-7-16)20(23)17-8-12-19(13-9-17)26(24,25)21-18-10-11-18/h3-9,12-13,15,18,21H,10-11,14H2,1-2H3. The Morgan fingerprint density at radius 1 is 1.08 bits per heavy atom. The number of nitrogens with zero attached hydrogens (tertiary/aromatic N) is 1. The maximum absolute atomic E-state index is 12.9. The third-order valence-electron chi connectivity index (χ3n) is 4.39. The second kappa shape index (κ2) is 7.60. The highest BCUT2D eigenvalue weighted by molar-refractivity contribution is 7.89. The summed E-state index contributed by atoms with van der Waals surface area (Å²) in [6, 6.07) is 16.1. The number of hydrogen-bond donors (Lipinski definition) is 1. The lowest BCUT2D eigenvalue weighted by molar-refractivity contribution is 0.0690. The Morgan fingerprint density at radius 3 is 2.23 bits per heavy atom. The molecule has 0 spiro atoms. The van der Waals surface area contributed by atoms with Crippen molar-refractivity contribution in [3.63, 3.8) is 0 Å². The van der Waals surface area contributed by atoms with Gasteiger partial charge in [-0.1, -0.05) is 30.3 Å². The first kappa shape index (κ1) is 18.6. The van der Waals surface area contributed by atoms with Crippen molar-refractivity contribution < 1.29 is 13.2 Å². The highest BCUT2D eigenvalue weighted by atomic mass is 32.2. The summed E-state index contributed by atoms with van der Waals surface area (Å²) in [5, 5.41) is 0. The average Bonchev–Trinajstić information content (AvgIpc) is 3.43. The number of hydrogen-bond acceptors (Lipinski definition) is 3. The Kier molecular flexibility index (Phi) is 5.44. The van der Waals surface area contributed by atoms with E-state index in [0.717, 1.165) is 18.4 Å². The lowest BCUT2D eigenvalue weighted by Gasteiger charge is -2.27. The lowest BCUT2D eigenvalue weighted by atomic mass is 10.1. The number of benzene rings is 2. The van der Waals surface area contributed by atoms with E-state index in [-0.39, 0.29) is 22.9 Å². The third kappa shape index (κ3) is 4.51. The van der Waals surface area contributed by atoms with Gasteiger partial charge in [-0.2, -0.15) is 0 Å². The van der Waals surface area contributed by atoms with E-state index in [1.54, 1.807) is 17.0 Å². The monoisotopic (exact) mass is 372 g/mol. The van der Waals surface area contributed by atoms with Crippen LogP contribution in [0.5, 0.6) is 0 Å².